The van der Waals surface area contributed by atoms with Crippen molar-refractivity contribution in [3.8, 4) is 5.75 Å². The summed E-state index contributed by atoms with van der Waals surface area (Å²) in [6.07, 6.45) is 0. The average Bonchev–Trinajstić information content (AvgIpc) is 2.46. The van der Waals surface area contributed by atoms with Crippen LogP contribution in [0.15, 0.2) is 23.0 Å². The first-order valence-corrected chi connectivity index (χ1v) is 8.07. The van der Waals surface area contributed by atoms with E-state index in [4.69, 9.17) is 4.74 Å². The fourth-order valence-electron chi connectivity index (χ4n) is 2.37. The quantitative estimate of drug-likeness (QED) is 0.866. The number of carbonyl (C=O) groups excluding carboxylic acids is 1. The zero-order valence-electron chi connectivity index (χ0n) is 15.6. The Morgan fingerprint density at radius 1 is 1.17 bits per heavy atom. The molecule has 0 fully saturated rings. The highest BCUT2D eigenvalue weighted by Gasteiger charge is 2.26. The fourth-order valence-corrected chi connectivity index (χ4v) is 2.37. The molecule has 0 aliphatic heterocycles. The second kappa shape index (κ2) is 6.04. The number of rotatable bonds is 3. The Bertz CT molecular complexity index is 837. The molecule has 2 aromatic rings. The number of carbonyl (C=O) groups is 1. The summed E-state index contributed by atoms with van der Waals surface area (Å²) < 4.78 is 6.79. The van der Waals surface area contributed by atoms with Crippen LogP contribution >= 0.6 is 0 Å². The minimum absolute atomic E-state index is 0.000205. The molecule has 0 spiro atoms. The zero-order valence-corrected chi connectivity index (χ0v) is 15.6. The summed E-state index contributed by atoms with van der Waals surface area (Å²) in [6.45, 7) is 11.4. The highest BCUT2D eigenvalue weighted by molar-refractivity contribution is 5.85. The van der Waals surface area contributed by atoms with Gasteiger partial charge in [-0.15, -0.1) is 0 Å². The molecular formula is C19H26N2O3. The van der Waals surface area contributed by atoms with Crippen molar-refractivity contribution in [3.63, 3.8) is 0 Å². The van der Waals surface area contributed by atoms with Crippen molar-refractivity contribution < 1.29 is 9.53 Å². The van der Waals surface area contributed by atoms with Gasteiger partial charge in [0.25, 0.3) is 5.56 Å². The van der Waals surface area contributed by atoms with Crippen LogP contribution in [-0.4, -0.2) is 22.4 Å². The van der Waals surface area contributed by atoms with Crippen molar-refractivity contribution in [1.82, 2.24) is 9.55 Å². The van der Waals surface area contributed by atoms with Crippen LogP contribution in [0.25, 0.3) is 11.0 Å². The van der Waals surface area contributed by atoms with Gasteiger partial charge in [0.1, 0.15) is 11.4 Å². The first-order valence-electron chi connectivity index (χ1n) is 8.07. The maximum absolute atomic E-state index is 13.0. The van der Waals surface area contributed by atoms with Crippen molar-refractivity contribution in [2.75, 3.05) is 7.11 Å². The largest absolute Gasteiger partial charge is 0.497 e. The molecule has 0 bridgehead atoms. The van der Waals surface area contributed by atoms with Crippen LogP contribution < -0.4 is 10.3 Å². The van der Waals surface area contributed by atoms with Crippen molar-refractivity contribution in [1.29, 1.82) is 0 Å². The molecule has 2 rings (SSSR count). The number of ether oxygens (including phenoxy) is 1. The Morgan fingerprint density at radius 2 is 1.79 bits per heavy atom. The van der Waals surface area contributed by atoms with Gasteiger partial charge >= 0.3 is 0 Å². The van der Waals surface area contributed by atoms with Gasteiger partial charge in [-0.05, 0) is 12.1 Å². The Morgan fingerprint density at radius 3 is 2.29 bits per heavy atom. The molecule has 0 unspecified atom stereocenters. The number of ketones is 1. The molecule has 0 radical (unpaired) electrons. The van der Waals surface area contributed by atoms with Gasteiger partial charge in [0.15, 0.2) is 5.78 Å². The summed E-state index contributed by atoms with van der Waals surface area (Å²) >= 11 is 0. The van der Waals surface area contributed by atoms with Crippen LogP contribution in [0, 0.1) is 5.41 Å². The lowest BCUT2D eigenvalue weighted by molar-refractivity contribution is -0.126. The van der Waals surface area contributed by atoms with Gasteiger partial charge in [-0.3, -0.25) is 14.2 Å². The van der Waals surface area contributed by atoms with Crippen molar-refractivity contribution in [3.05, 3.63) is 34.2 Å². The first kappa shape index (κ1) is 18.2. The third-order valence-electron chi connectivity index (χ3n) is 4.00. The number of hydrogen-bond acceptors (Lipinski definition) is 4. The Kier molecular flexibility index (Phi) is 4.57. The molecule has 0 aliphatic carbocycles. The number of Topliss-reactive ketones (excluding diaryl/α,β-unsaturated/α-hetero) is 1. The average molecular weight is 330 g/mol. The van der Waals surface area contributed by atoms with Gasteiger partial charge in [-0.1, -0.05) is 41.5 Å². The third kappa shape index (κ3) is 3.50. The lowest BCUT2D eigenvalue weighted by atomic mass is 9.90. The zero-order chi connectivity index (χ0) is 18.3. The monoisotopic (exact) mass is 330 g/mol. The maximum Gasteiger partial charge on any atom is 0.273 e. The van der Waals surface area contributed by atoms with E-state index in [0.29, 0.717) is 22.5 Å². The van der Waals surface area contributed by atoms with E-state index in [1.807, 2.05) is 53.7 Å². The Labute approximate surface area is 142 Å². The normalized spacial score (nSPS) is 12.5. The van der Waals surface area contributed by atoms with Crippen molar-refractivity contribution in [2.24, 2.45) is 5.41 Å². The highest BCUT2D eigenvalue weighted by atomic mass is 16.5. The summed E-state index contributed by atoms with van der Waals surface area (Å²) in [4.78, 5) is 30.1. The van der Waals surface area contributed by atoms with Crippen molar-refractivity contribution >= 4 is 16.8 Å². The van der Waals surface area contributed by atoms with E-state index in [1.165, 1.54) is 4.57 Å². The predicted molar refractivity (Wildman–Crippen MR) is 95.7 cm³/mol. The Balaban J connectivity index is 2.79. The summed E-state index contributed by atoms with van der Waals surface area (Å²) in [5.74, 6) is 0.629. The summed E-state index contributed by atoms with van der Waals surface area (Å²) in [5.41, 5.74) is 0.614. The minimum atomic E-state index is -0.518. The molecule has 1 heterocycles. The second-order valence-corrected chi connectivity index (χ2v) is 8.13. The maximum atomic E-state index is 13.0. The molecular weight excluding hydrogens is 304 g/mol. The van der Waals surface area contributed by atoms with E-state index in [1.54, 1.807) is 13.2 Å². The van der Waals surface area contributed by atoms with Gasteiger partial charge in [0.2, 0.25) is 0 Å². The Hall–Kier alpha value is -2.17. The number of fused-ring (bicyclic) bond motifs is 1. The van der Waals surface area contributed by atoms with E-state index >= 15 is 0 Å². The second-order valence-electron chi connectivity index (χ2n) is 8.13. The molecule has 0 saturated carbocycles. The third-order valence-corrected chi connectivity index (χ3v) is 4.00. The molecule has 5 nitrogen and oxygen atoms in total. The molecule has 0 amide bonds. The van der Waals surface area contributed by atoms with Crippen LogP contribution in [0.1, 0.15) is 47.2 Å². The van der Waals surface area contributed by atoms with Gasteiger partial charge < -0.3 is 4.74 Å². The first-order chi connectivity index (χ1) is 10.9. The topological polar surface area (TPSA) is 61.2 Å². The molecule has 0 atom stereocenters. The van der Waals surface area contributed by atoms with E-state index < -0.39 is 10.8 Å². The van der Waals surface area contributed by atoms with Crippen LogP contribution in [0.2, 0.25) is 0 Å². The molecule has 24 heavy (non-hydrogen) atoms. The van der Waals surface area contributed by atoms with E-state index in [0.717, 1.165) is 0 Å². The highest BCUT2D eigenvalue weighted by Crippen LogP contribution is 2.24. The van der Waals surface area contributed by atoms with Crippen LogP contribution in [0.5, 0.6) is 5.75 Å². The molecule has 1 aromatic heterocycles. The van der Waals surface area contributed by atoms with Crippen molar-refractivity contribution in [2.45, 2.75) is 53.5 Å². The van der Waals surface area contributed by atoms with Gasteiger partial charge in [0.05, 0.1) is 24.7 Å². The smallest absolute Gasteiger partial charge is 0.273 e. The van der Waals surface area contributed by atoms with Crippen LogP contribution in [0.3, 0.4) is 0 Å². The van der Waals surface area contributed by atoms with Gasteiger partial charge in [0, 0.05) is 16.9 Å². The fraction of sp³-hybridized carbons (Fsp3) is 0.526. The van der Waals surface area contributed by atoms with Gasteiger partial charge in [-0.2, -0.15) is 0 Å². The number of hydrogen-bond donors (Lipinski definition) is 0. The molecule has 1 aromatic carbocycles. The van der Waals surface area contributed by atoms with E-state index in [9.17, 15) is 9.59 Å². The summed E-state index contributed by atoms with van der Waals surface area (Å²) in [6, 6.07) is 5.38. The number of nitrogens with zero attached hydrogens (tertiary/aromatic N) is 2. The number of aromatic nitrogens is 2. The number of benzene rings is 1. The molecule has 5 heteroatoms. The van der Waals surface area contributed by atoms with Crippen LogP contribution in [-0.2, 0) is 16.8 Å². The molecule has 130 valence electrons. The van der Waals surface area contributed by atoms with Crippen LogP contribution in [0.4, 0.5) is 0 Å². The number of methoxy groups -OCH3 is 1. The molecule has 0 N–H and O–H groups in total. The van der Waals surface area contributed by atoms with E-state index in [-0.39, 0.29) is 17.9 Å². The molecule has 0 aliphatic rings. The van der Waals surface area contributed by atoms with E-state index in [2.05, 4.69) is 4.98 Å². The standard InChI is InChI=1S/C19H26N2O3/c1-18(2,3)15(22)11-21-14-10-12(24-7)8-9-13(14)20-16(17(21)23)19(4,5)6/h8-10H,11H2,1-7H3. The molecule has 0 saturated heterocycles. The minimum Gasteiger partial charge on any atom is -0.497 e. The summed E-state index contributed by atoms with van der Waals surface area (Å²) in [5, 5.41) is 0. The lowest BCUT2D eigenvalue weighted by Gasteiger charge is -2.22. The summed E-state index contributed by atoms with van der Waals surface area (Å²) in [7, 11) is 1.57. The SMILES string of the molecule is COc1ccc2nc(C(C)(C)C)c(=O)n(CC(=O)C(C)(C)C)c2c1. The predicted octanol–water partition coefficient (Wildman–Crippen LogP) is 3.32. The lowest BCUT2D eigenvalue weighted by Crippen LogP contribution is -2.36. The van der Waals surface area contributed by atoms with Gasteiger partial charge in [-0.25, -0.2) is 4.98 Å².